The van der Waals surface area contributed by atoms with Gasteiger partial charge in [0.25, 0.3) is 5.91 Å². The zero-order valence-electron chi connectivity index (χ0n) is 12.7. The molecule has 2 N–H and O–H groups in total. The number of likely N-dealkylation sites (tertiary alicyclic amines) is 1. The number of primary amides is 1. The fourth-order valence-corrected chi connectivity index (χ4v) is 2.95. The van der Waals surface area contributed by atoms with Crippen molar-refractivity contribution in [3.8, 4) is 0 Å². The number of nitrogens with two attached hydrogens (primary N) is 1. The predicted octanol–water partition coefficient (Wildman–Crippen LogP) is 1.64. The quantitative estimate of drug-likeness (QED) is 0.854. The van der Waals surface area contributed by atoms with Gasteiger partial charge in [-0.3, -0.25) is 9.59 Å². The lowest BCUT2D eigenvalue weighted by Gasteiger charge is -2.08. The van der Waals surface area contributed by atoms with Crippen molar-refractivity contribution in [1.82, 2.24) is 9.88 Å². The molecule has 116 valence electrons. The minimum absolute atomic E-state index is 0.193. The van der Waals surface area contributed by atoms with Gasteiger partial charge in [-0.2, -0.15) is 0 Å². The number of fused-ring (bicyclic) bond motifs is 2. The van der Waals surface area contributed by atoms with E-state index in [1.807, 2.05) is 24.0 Å². The first-order valence-corrected chi connectivity index (χ1v) is 7.35. The summed E-state index contributed by atoms with van der Waals surface area (Å²) < 4.78 is 5.26. The highest BCUT2D eigenvalue weighted by Gasteiger charge is 2.44. The molecule has 2 fully saturated rings. The van der Waals surface area contributed by atoms with Crippen LogP contribution in [0.3, 0.4) is 0 Å². The summed E-state index contributed by atoms with van der Waals surface area (Å²) in [5, 5.41) is 0.837. The van der Waals surface area contributed by atoms with Gasteiger partial charge in [0.15, 0.2) is 5.76 Å². The molecular weight excluding hydrogens is 282 g/mol. The molecule has 2 aromatic heterocycles. The van der Waals surface area contributed by atoms with Crippen molar-refractivity contribution >= 4 is 23.4 Å². The van der Waals surface area contributed by atoms with Crippen molar-refractivity contribution in [2.24, 2.45) is 17.6 Å². The standard InChI is InChI=1S/C10H10N2O2.C6H9NO/c1-5-3-4-7-6(2)8(9(11)13)14-10(7)12-5;8-4-7-2-5-1-6(5)3-7/h3-4H,1-2H3,(H2,11,13);4-6H,1-3H2. The lowest BCUT2D eigenvalue weighted by molar-refractivity contribution is -0.117. The molecule has 0 aromatic carbocycles. The third-order valence-electron chi connectivity index (χ3n) is 4.32. The van der Waals surface area contributed by atoms with Gasteiger partial charge in [0, 0.05) is 29.7 Å². The van der Waals surface area contributed by atoms with Crippen LogP contribution in [-0.2, 0) is 4.79 Å². The molecule has 4 rings (SSSR count). The number of amides is 2. The van der Waals surface area contributed by atoms with Gasteiger partial charge in [-0.25, -0.2) is 4.98 Å². The molecule has 6 heteroatoms. The van der Waals surface area contributed by atoms with Crippen molar-refractivity contribution in [3.05, 3.63) is 29.2 Å². The Labute approximate surface area is 128 Å². The molecule has 1 aliphatic heterocycles. The zero-order valence-corrected chi connectivity index (χ0v) is 12.7. The van der Waals surface area contributed by atoms with Crippen molar-refractivity contribution < 1.29 is 14.0 Å². The van der Waals surface area contributed by atoms with Crippen LogP contribution in [0.4, 0.5) is 0 Å². The third kappa shape index (κ3) is 2.68. The Bertz CT molecular complexity index is 728. The van der Waals surface area contributed by atoms with Crippen LogP contribution in [0.25, 0.3) is 11.1 Å². The average Bonchev–Trinajstić information content (AvgIpc) is 2.95. The smallest absolute Gasteiger partial charge is 0.284 e. The van der Waals surface area contributed by atoms with E-state index in [2.05, 4.69) is 4.98 Å². The van der Waals surface area contributed by atoms with Crippen LogP contribution < -0.4 is 5.73 Å². The van der Waals surface area contributed by atoms with E-state index in [4.69, 9.17) is 10.2 Å². The lowest BCUT2D eigenvalue weighted by atomic mass is 10.2. The van der Waals surface area contributed by atoms with E-state index in [1.54, 1.807) is 6.92 Å². The molecule has 22 heavy (non-hydrogen) atoms. The molecule has 2 aromatic rings. The van der Waals surface area contributed by atoms with Gasteiger partial charge >= 0.3 is 0 Å². The highest BCUT2D eigenvalue weighted by Crippen LogP contribution is 2.44. The number of carbonyl (C=O) groups excluding carboxylic acids is 2. The number of piperidine rings is 1. The van der Waals surface area contributed by atoms with Gasteiger partial charge in [-0.05, 0) is 44.2 Å². The van der Waals surface area contributed by atoms with Crippen LogP contribution >= 0.6 is 0 Å². The van der Waals surface area contributed by atoms with Crippen LogP contribution in [0.1, 0.15) is 28.2 Å². The summed E-state index contributed by atoms with van der Waals surface area (Å²) in [6.45, 7) is 5.73. The number of furan rings is 1. The Morgan fingerprint density at radius 3 is 2.59 bits per heavy atom. The first-order chi connectivity index (χ1) is 10.5. The van der Waals surface area contributed by atoms with E-state index < -0.39 is 5.91 Å². The van der Waals surface area contributed by atoms with E-state index in [0.717, 1.165) is 48.0 Å². The maximum Gasteiger partial charge on any atom is 0.284 e. The molecule has 2 unspecified atom stereocenters. The zero-order chi connectivity index (χ0) is 15.9. The highest BCUT2D eigenvalue weighted by atomic mass is 16.4. The number of hydrogen-bond acceptors (Lipinski definition) is 4. The summed E-state index contributed by atoms with van der Waals surface area (Å²) in [7, 11) is 0. The van der Waals surface area contributed by atoms with Crippen molar-refractivity contribution in [1.29, 1.82) is 0 Å². The number of nitrogens with zero attached hydrogens (tertiary/aromatic N) is 2. The molecule has 3 heterocycles. The van der Waals surface area contributed by atoms with E-state index in [-0.39, 0.29) is 5.76 Å². The second-order valence-electron chi connectivity index (χ2n) is 6.04. The molecule has 2 atom stereocenters. The minimum atomic E-state index is -0.557. The molecule has 2 aliphatic rings. The lowest BCUT2D eigenvalue weighted by Crippen LogP contribution is -2.19. The van der Waals surface area contributed by atoms with Crippen molar-refractivity contribution in [2.75, 3.05) is 13.1 Å². The molecule has 0 radical (unpaired) electrons. The normalized spacial score (nSPS) is 22.0. The van der Waals surface area contributed by atoms with Crippen LogP contribution in [0.15, 0.2) is 16.5 Å². The fraction of sp³-hybridized carbons (Fsp3) is 0.438. The van der Waals surface area contributed by atoms with Crippen molar-refractivity contribution in [2.45, 2.75) is 20.3 Å². The van der Waals surface area contributed by atoms with Gasteiger partial charge in [-0.15, -0.1) is 0 Å². The predicted molar refractivity (Wildman–Crippen MR) is 81.2 cm³/mol. The molecule has 1 aliphatic carbocycles. The maximum atomic E-state index is 11.0. The minimum Gasteiger partial charge on any atom is -0.432 e. The molecular formula is C16H19N3O3. The fourth-order valence-electron chi connectivity index (χ4n) is 2.95. The Kier molecular flexibility index (Phi) is 3.60. The van der Waals surface area contributed by atoms with Crippen LogP contribution in [0, 0.1) is 25.7 Å². The summed E-state index contributed by atoms with van der Waals surface area (Å²) in [6.07, 6.45) is 2.34. The Morgan fingerprint density at radius 1 is 1.36 bits per heavy atom. The molecule has 6 nitrogen and oxygen atoms in total. The monoisotopic (exact) mass is 301 g/mol. The Balaban J connectivity index is 0.000000151. The van der Waals surface area contributed by atoms with Gasteiger partial charge in [0.2, 0.25) is 12.1 Å². The molecule has 0 bridgehead atoms. The van der Waals surface area contributed by atoms with Crippen molar-refractivity contribution in [3.63, 3.8) is 0 Å². The largest absolute Gasteiger partial charge is 0.432 e. The maximum absolute atomic E-state index is 11.0. The van der Waals surface area contributed by atoms with E-state index >= 15 is 0 Å². The highest BCUT2D eigenvalue weighted by molar-refractivity contribution is 5.97. The topological polar surface area (TPSA) is 89.4 Å². The number of carbonyl (C=O) groups is 2. The third-order valence-corrected chi connectivity index (χ3v) is 4.32. The molecule has 2 amide bonds. The average molecular weight is 301 g/mol. The van der Waals surface area contributed by atoms with E-state index in [9.17, 15) is 9.59 Å². The number of hydrogen-bond donors (Lipinski definition) is 1. The van der Waals surface area contributed by atoms with Gasteiger partial charge < -0.3 is 15.1 Å². The molecule has 0 spiro atoms. The summed E-state index contributed by atoms with van der Waals surface area (Å²) in [5.74, 6) is 1.41. The first-order valence-electron chi connectivity index (χ1n) is 7.35. The van der Waals surface area contributed by atoms with Crippen LogP contribution in [0.2, 0.25) is 0 Å². The number of aryl methyl sites for hydroxylation is 2. The SMILES string of the molecule is Cc1ccc2c(C)c(C(N)=O)oc2n1.O=CN1CC2CC2C1. The second kappa shape index (κ2) is 5.44. The van der Waals surface area contributed by atoms with Crippen LogP contribution in [0.5, 0.6) is 0 Å². The van der Waals surface area contributed by atoms with Gasteiger partial charge in [0.05, 0.1) is 0 Å². The second-order valence-corrected chi connectivity index (χ2v) is 6.04. The number of rotatable bonds is 2. The Hall–Kier alpha value is -2.37. The van der Waals surface area contributed by atoms with E-state index in [1.165, 1.54) is 6.42 Å². The van der Waals surface area contributed by atoms with E-state index in [0.29, 0.717) is 5.71 Å². The summed E-state index contributed by atoms with van der Waals surface area (Å²) in [4.78, 5) is 27.1. The van der Waals surface area contributed by atoms with Crippen LogP contribution in [-0.4, -0.2) is 35.3 Å². The first kappa shape index (κ1) is 14.6. The molecule has 1 saturated carbocycles. The summed E-state index contributed by atoms with van der Waals surface area (Å²) >= 11 is 0. The summed E-state index contributed by atoms with van der Waals surface area (Å²) in [5.41, 5.74) is 7.22. The molecule has 1 saturated heterocycles. The summed E-state index contributed by atoms with van der Waals surface area (Å²) in [6, 6.07) is 3.75. The Morgan fingerprint density at radius 2 is 2.05 bits per heavy atom. The van der Waals surface area contributed by atoms with Gasteiger partial charge in [-0.1, -0.05) is 0 Å². The number of pyridine rings is 1. The van der Waals surface area contributed by atoms with Gasteiger partial charge in [0.1, 0.15) is 0 Å². The number of aromatic nitrogens is 1.